The summed E-state index contributed by atoms with van der Waals surface area (Å²) >= 11 is 0. The smallest absolute Gasteiger partial charge is 0.354 e. The van der Waals surface area contributed by atoms with E-state index in [4.69, 9.17) is 5.11 Å². The van der Waals surface area contributed by atoms with Crippen LogP contribution in [0.3, 0.4) is 0 Å². The van der Waals surface area contributed by atoms with Gasteiger partial charge in [-0.05, 0) is 36.4 Å². The maximum absolute atomic E-state index is 13.2. The standard InChI is InChI=1S/C10H8FNO2.C9H6FNO2/c1-14-10(13)9-5-6-7(11)3-2-4-8(6)12-9;10-6-2-1-3-7-5(6)4-8(11-7)9(12)13/h2-5,12H,1H3;1-4,11H,(H,12,13). The van der Waals surface area contributed by atoms with Crippen molar-refractivity contribution in [1.29, 1.82) is 0 Å². The topological polar surface area (TPSA) is 95.2 Å². The summed E-state index contributed by atoms with van der Waals surface area (Å²) in [5, 5.41) is 9.32. The molecular weight excluding hydrogens is 358 g/mol. The van der Waals surface area contributed by atoms with Crippen LogP contribution in [0.4, 0.5) is 8.78 Å². The molecule has 0 amide bonds. The number of methoxy groups -OCH3 is 1. The number of aromatic nitrogens is 2. The molecule has 8 heteroatoms. The van der Waals surface area contributed by atoms with Crippen molar-refractivity contribution >= 4 is 33.7 Å². The largest absolute Gasteiger partial charge is 0.477 e. The molecule has 0 radical (unpaired) electrons. The number of hydrogen-bond acceptors (Lipinski definition) is 3. The lowest BCUT2D eigenvalue weighted by molar-refractivity contribution is 0.0594. The fourth-order valence-electron chi connectivity index (χ4n) is 2.57. The number of fused-ring (bicyclic) bond motifs is 2. The number of H-pyrrole nitrogens is 2. The Labute approximate surface area is 151 Å². The fourth-order valence-corrected chi connectivity index (χ4v) is 2.57. The first-order valence-corrected chi connectivity index (χ1v) is 7.76. The molecule has 6 nitrogen and oxygen atoms in total. The molecule has 27 heavy (non-hydrogen) atoms. The molecule has 138 valence electrons. The Morgan fingerprint density at radius 1 is 0.889 bits per heavy atom. The lowest BCUT2D eigenvalue weighted by atomic mass is 10.2. The first-order chi connectivity index (χ1) is 12.9. The summed E-state index contributed by atoms with van der Waals surface area (Å²) in [6.07, 6.45) is 0. The van der Waals surface area contributed by atoms with E-state index in [0.717, 1.165) is 0 Å². The molecule has 0 aliphatic heterocycles. The summed E-state index contributed by atoms with van der Waals surface area (Å²) in [6.45, 7) is 0. The molecule has 2 heterocycles. The summed E-state index contributed by atoms with van der Waals surface area (Å²) < 4.78 is 30.8. The Bertz CT molecular complexity index is 1150. The summed E-state index contributed by atoms with van der Waals surface area (Å²) in [7, 11) is 1.28. The van der Waals surface area contributed by atoms with Gasteiger partial charge in [-0.2, -0.15) is 0 Å². The molecule has 0 fully saturated rings. The van der Waals surface area contributed by atoms with E-state index in [1.165, 1.54) is 37.4 Å². The number of esters is 1. The SMILES string of the molecule is COC(=O)c1cc2c(F)cccc2[nH]1.O=C(O)c1cc2c(F)cccc2[nH]1. The average molecular weight is 372 g/mol. The normalized spacial score (nSPS) is 10.5. The van der Waals surface area contributed by atoms with Crippen LogP contribution >= 0.6 is 0 Å². The number of benzene rings is 2. The van der Waals surface area contributed by atoms with Gasteiger partial charge in [-0.3, -0.25) is 0 Å². The molecule has 0 aliphatic carbocycles. The number of ether oxygens (including phenoxy) is 1. The van der Waals surface area contributed by atoms with Gasteiger partial charge < -0.3 is 19.8 Å². The average Bonchev–Trinajstić information content (AvgIpc) is 3.27. The van der Waals surface area contributed by atoms with E-state index >= 15 is 0 Å². The van der Waals surface area contributed by atoms with Gasteiger partial charge in [0, 0.05) is 21.8 Å². The number of carbonyl (C=O) groups is 2. The van der Waals surface area contributed by atoms with E-state index in [9.17, 15) is 18.4 Å². The summed E-state index contributed by atoms with van der Waals surface area (Å²) in [4.78, 5) is 27.0. The molecular formula is C19H14F2N2O4. The molecule has 3 N–H and O–H groups in total. The minimum atomic E-state index is -1.09. The molecule has 0 unspecified atom stereocenters. The van der Waals surface area contributed by atoms with Crippen LogP contribution in [-0.2, 0) is 4.74 Å². The first-order valence-electron chi connectivity index (χ1n) is 7.76. The van der Waals surface area contributed by atoms with Crippen LogP contribution in [0, 0.1) is 11.6 Å². The van der Waals surface area contributed by atoms with Gasteiger partial charge in [-0.15, -0.1) is 0 Å². The van der Waals surface area contributed by atoms with E-state index in [-0.39, 0.29) is 17.2 Å². The van der Waals surface area contributed by atoms with Crippen molar-refractivity contribution in [3.05, 3.63) is 71.6 Å². The van der Waals surface area contributed by atoms with Crippen molar-refractivity contribution in [2.75, 3.05) is 7.11 Å². The predicted molar refractivity (Wildman–Crippen MR) is 94.8 cm³/mol. The van der Waals surface area contributed by atoms with Crippen LogP contribution in [0.15, 0.2) is 48.5 Å². The van der Waals surface area contributed by atoms with Crippen LogP contribution in [-0.4, -0.2) is 34.1 Å². The number of carboxylic acids is 1. The van der Waals surface area contributed by atoms with Gasteiger partial charge in [-0.25, -0.2) is 18.4 Å². The maximum Gasteiger partial charge on any atom is 0.354 e. The van der Waals surface area contributed by atoms with Crippen molar-refractivity contribution in [1.82, 2.24) is 9.97 Å². The molecule has 0 bridgehead atoms. The van der Waals surface area contributed by atoms with Gasteiger partial charge in [-0.1, -0.05) is 12.1 Å². The third-order valence-corrected chi connectivity index (χ3v) is 3.86. The second kappa shape index (κ2) is 7.28. The third-order valence-electron chi connectivity index (χ3n) is 3.86. The number of carbonyl (C=O) groups excluding carboxylic acids is 1. The van der Waals surface area contributed by atoms with E-state index < -0.39 is 17.8 Å². The van der Waals surface area contributed by atoms with Gasteiger partial charge >= 0.3 is 11.9 Å². The van der Waals surface area contributed by atoms with Crippen molar-refractivity contribution in [2.45, 2.75) is 0 Å². The Morgan fingerprint density at radius 2 is 1.37 bits per heavy atom. The fraction of sp³-hybridized carbons (Fsp3) is 0.0526. The number of nitrogens with one attached hydrogen (secondary N) is 2. The molecule has 0 atom stereocenters. The number of aromatic amines is 2. The highest BCUT2D eigenvalue weighted by Gasteiger charge is 2.11. The minimum absolute atomic E-state index is 0.0000926. The number of carboxylic acid groups (broad SMARTS) is 1. The molecule has 0 saturated carbocycles. The maximum atomic E-state index is 13.2. The molecule has 2 aromatic heterocycles. The Hall–Kier alpha value is -3.68. The van der Waals surface area contributed by atoms with Crippen molar-refractivity contribution in [3.63, 3.8) is 0 Å². The lowest BCUT2D eigenvalue weighted by Crippen LogP contribution is -2.00. The monoisotopic (exact) mass is 372 g/mol. The number of halogens is 2. The number of rotatable bonds is 2. The van der Waals surface area contributed by atoms with Crippen LogP contribution in [0.1, 0.15) is 21.0 Å². The zero-order valence-electron chi connectivity index (χ0n) is 14.0. The van der Waals surface area contributed by atoms with Crippen molar-refractivity contribution < 1.29 is 28.2 Å². The quantitative estimate of drug-likeness (QED) is 0.462. The second-order valence-corrected chi connectivity index (χ2v) is 5.56. The summed E-state index contributed by atoms with van der Waals surface area (Å²) in [6, 6.07) is 11.8. The third kappa shape index (κ3) is 3.64. The Kier molecular flexibility index (Phi) is 4.89. The zero-order chi connectivity index (χ0) is 19.6. The van der Waals surface area contributed by atoms with Crippen LogP contribution in [0.25, 0.3) is 21.8 Å². The highest BCUT2D eigenvalue weighted by molar-refractivity contribution is 5.95. The second-order valence-electron chi connectivity index (χ2n) is 5.56. The van der Waals surface area contributed by atoms with Gasteiger partial charge in [0.25, 0.3) is 0 Å². The molecule has 4 aromatic rings. The minimum Gasteiger partial charge on any atom is -0.477 e. The van der Waals surface area contributed by atoms with Crippen LogP contribution in [0.5, 0.6) is 0 Å². The highest BCUT2D eigenvalue weighted by Crippen LogP contribution is 2.19. The number of hydrogen-bond donors (Lipinski definition) is 3. The highest BCUT2D eigenvalue weighted by atomic mass is 19.1. The van der Waals surface area contributed by atoms with E-state index in [2.05, 4.69) is 14.7 Å². The van der Waals surface area contributed by atoms with Crippen LogP contribution < -0.4 is 0 Å². The van der Waals surface area contributed by atoms with E-state index in [1.807, 2.05) is 0 Å². The number of aromatic carboxylic acids is 1. The molecule has 0 saturated heterocycles. The first kappa shape index (κ1) is 18.1. The van der Waals surface area contributed by atoms with Crippen molar-refractivity contribution in [3.8, 4) is 0 Å². The van der Waals surface area contributed by atoms with Gasteiger partial charge in [0.15, 0.2) is 0 Å². The predicted octanol–water partition coefficient (Wildman–Crippen LogP) is 4.10. The van der Waals surface area contributed by atoms with Gasteiger partial charge in [0.05, 0.1) is 7.11 Å². The lowest BCUT2D eigenvalue weighted by Gasteiger charge is -1.91. The Morgan fingerprint density at radius 3 is 1.81 bits per heavy atom. The molecule has 4 rings (SSSR count). The Balaban J connectivity index is 0.000000156. The summed E-state index contributed by atoms with van der Waals surface area (Å²) in [5.74, 6) is -2.36. The zero-order valence-corrected chi connectivity index (χ0v) is 14.0. The molecule has 0 spiro atoms. The van der Waals surface area contributed by atoms with Crippen molar-refractivity contribution in [2.24, 2.45) is 0 Å². The molecule has 0 aliphatic rings. The van der Waals surface area contributed by atoms with Gasteiger partial charge in [0.2, 0.25) is 0 Å². The summed E-state index contributed by atoms with van der Waals surface area (Å²) in [5.41, 5.74) is 1.34. The van der Waals surface area contributed by atoms with Crippen LogP contribution in [0.2, 0.25) is 0 Å². The van der Waals surface area contributed by atoms with E-state index in [0.29, 0.717) is 21.8 Å². The molecule has 2 aromatic carbocycles. The van der Waals surface area contributed by atoms with E-state index in [1.54, 1.807) is 18.2 Å². The van der Waals surface area contributed by atoms with Gasteiger partial charge in [0.1, 0.15) is 23.0 Å².